The van der Waals surface area contributed by atoms with Gasteiger partial charge in [0.2, 0.25) is 0 Å². The van der Waals surface area contributed by atoms with Crippen molar-refractivity contribution in [1.29, 1.82) is 0 Å². The van der Waals surface area contributed by atoms with Crippen molar-refractivity contribution in [1.82, 2.24) is 5.32 Å². The number of hydrogen-bond acceptors (Lipinski definition) is 2. The van der Waals surface area contributed by atoms with Gasteiger partial charge in [-0.2, -0.15) is 0 Å². The molecule has 0 atom stereocenters. The Hall–Kier alpha value is -1.58. The van der Waals surface area contributed by atoms with Gasteiger partial charge < -0.3 is 10.1 Å². The number of halogens is 2. The third kappa shape index (κ3) is 3.06. The predicted molar refractivity (Wildman–Crippen MR) is 76.2 cm³/mol. The normalized spacial score (nSPS) is 10.5. The third-order valence-electron chi connectivity index (χ3n) is 2.90. The average Bonchev–Trinajstić information content (AvgIpc) is 2.42. The molecule has 0 radical (unpaired) electrons. The molecular formula is C15H15ClFNO. The van der Waals surface area contributed by atoms with Crippen LogP contribution in [-0.4, -0.2) is 14.2 Å². The molecule has 0 aliphatic rings. The van der Waals surface area contributed by atoms with Gasteiger partial charge >= 0.3 is 0 Å². The first-order valence-corrected chi connectivity index (χ1v) is 6.30. The van der Waals surface area contributed by atoms with Gasteiger partial charge in [-0.3, -0.25) is 0 Å². The lowest BCUT2D eigenvalue weighted by molar-refractivity contribution is 0.408. The van der Waals surface area contributed by atoms with Gasteiger partial charge in [-0.05, 0) is 42.4 Å². The van der Waals surface area contributed by atoms with Crippen LogP contribution >= 0.6 is 11.6 Å². The molecule has 2 nitrogen and oxygen atoms in total. The van der Waals surface area contributed by atoms with E-state index in [4.69, 9.17) is 16.3 Å². The molecular weight excluding hydrogens is 265 g/mol. The van der Waals surface area contributed by atoms with Crippen LogP contribution in [0, 0.1) is 5.82 Å². The van der Waals surface area contributed by atoms with Gasteiger partial charge in [0, 0.05) is 12.1 Å². The zero-order chi connectivity index (χ0) is 13.8. The number of methoxy groups -OCH3 is 1. The van der Waals surface area contributed by atoms with E-state index in [1.54, 1.807) is 19.2 Å². The van der Waals surface area contributed by atoms with Crippen molar-refractivity contribution in [3.8, 4) is 16.9 Å². The van der Waals surface area contributed by atoms with Gasteiger partial charge in [0.05, 0.1) is 12.1 Å². The van der Waals surface area contributed by atoms with Gasteiger partial charge in [0.15, 0.2) is 0 Å². The van der Waals surface area contributed by atoms with Crippen LogP contribution in [0.2, 0.25) is 5.02 Å². The molecule has 100 valence electrons. The van der Waals surface area contributed by atoms with Crippen LogP contribution in [-0.2, 0) is 6.54 Å². The van der Waals surface area contributed by atoms with Gasteiger partial charge in [-0.1, -0.05) is 23.7 Å². The highest BCUT2D eigenvalue weighted by molar-refractivity contribution is 6.30. The summed E-state index contributed by atoms with van der Waals surface area (Å²) in [5.41, 5.74) is 2.75. The van der Waals surface area contributed by atoms with Crippen molar-refractivity contribution < 1.29 is 9.13 Å². The fourth-order valence-electron chi connectivity index (χ4n) is 1.96. The van der Waals surface area contributed by atoms with E-state index in [9.17, 15) is 4.39 Å². The SMILES string of the molecule is CNCc1cc(-c2ccc(Cl)c(F)c2)ccc1OC. The molecule has 2 aromatic rings. The van der Waals surface area contributed by atoms with E-state index >= 15 is 0 Å². The first-order chi connectivity index (χ1) is 9.15. The third-order valence-corrected chi connectivity index (χ3v) is 3.21. The van der Waals surface area contributed by atoms with Crippen LogP contribution < -0.4 is 10.1 Å². The Morgan fingerprint density at radius 2 is 1.84 bits per heavy atom. The maximum absolute atomic E-state index is 13.5. The molecule has 0 saturated carbocycles. The van der Waals surface area contributed by atoms with E-state index < -0.39 is 5.82 Å². The molecule has 19 heavy (non-hydrogen) atoms. The quantitative estimate of drug-likeness (QED) is 0.917. The standard InChI is InChI=1S/C15H15ClFNO/c1-18-9-12-7-10(4-6-15(12)19-2)11-3-5-13(16)14(17)8-11/h3-8,18H,9H2,1-2H3. The Labute approximate surface area is 117 Å². The first-order valence-electron chi connectivity index (χ1n) is 5.92. The molecule has 0 aliphatic carbocycles. The topological polar surface area (TPSA) is 21.3 Å². The van der Waals surface area contributed by atoms with Crippen LogP contribution in [0.5, 0.6) is 5.75 Å². The summed E-state index contributed by atoms with van der Waals surface area (Å²) < 4.78 is 18.8. The smallest absolute Gasteiger partial charge is 0.142 e. The lowest BCUT2D eigenvalue weighted by Crippen LogP contribution is -2.06. The minimum atomic E-state index is -0.412. The molecule has 2 rings (SSSR count). The minimum Gasteiger partial charge on any atom is -0.496 e. The fourth-order valence-corrected chi connectivity index (χ4v) is 2.08. The Bertz CT molecular complexity index is 586. The summed E-state index contributed by atoms with van der Waals surface area (Å²) in [4.78, 5) is 0. The molecule has 1 N–H and O–H groups in total. The molecule has 0 heterocycles. The summed E-state index contributed by atoms with van der Waals surface area (Å²) in [7, 11) is 3.50. The summed E-state index contributed by atoms with van der Waals surface area (Å²) in [5, 5.41) is 3.21. The molecule has 0 aliphatic heterocycles. The zero-order valence-electron chi connectivity index (χ0n) is 10.8. The number of hydrogen-bond donors (Lipinski definition) is 1. The zero-order valence-corrected chi connectivity index (χ0v) is 11.6. The molecule has 2 aromatic carbocycles. The number of rotatable bonds is 4. The van der Waals surface area contributed by atoms with Crippen molar-refractivity contribution in [3.05, 3.63) is 52.8 Å². The summed E-state index contributed by atoms with van der Waals surface area (Å²) in [6.07, 6.45) is 0. The first kappa shape index (κ1) is 13.8. The van der Waals surface area contributed by atoms with Crippen molar-refractivity contribution in [2.75, 3.05) is 14.2 Å². The second kappa shape index (κ2) is 6.04. The van der Waals surface area contributed by atoms with Gasteiger partial charge in [0.25, 0.3) is 0 Å². The molecule has 0 fully saturated rings. The van der Waals surface area contributed by atoms with Crippen molar-refractivity contribution in [2.24, 2.45) is 0 Å². The Morgan fingerprint density at radius 1 is 1.16 bits per heavy atom. The van der Waals surface area contributed by atoms with E-state index in [-0.39, 0.29) is 5.02 Å². The number of benzene rings is 2. The molecule has 0 unspecified atom stereocenters. The highest BCUT2D eigenvalue weighted by atomic mass is 35.5. The van der Waals surface area contributed by atoms with E-state index in [1.165, 1.54) is 6.07 Å². The van der Waals surface area contributed by atoms with E-state index in [0.717, 1.165) is 22.4 Å². The highest BCUT2D eigenvalue weighted by Crippen LogP contribution is 2.28. The summed E-state index contributed by atoms with van der Waals surface area (Å²) in [5.74, 6) is 0.401. The summed E-state index contributed by atoms with van der Waals surface area (Å²) in [6.45, 7) is 0.688. The van der Waals surface area contributed by atoms with Crippen molar-refractivity contribution in [2.45, 2.75) is 6.54 Å². The Balaban J connectivity index is 2.44. The molecule has 0 aromatic heterocycles. The maximum atomic E-state index is 13.5. The highest BCUT2D eigenvalue weighted by Gasteiger charge is 2.07. The van der Waals surface area contributed by atoms with Crippen molar-refractivity contribution >= 4 is 11.6 Å². The summed E-state index contributed by atoms with van der Waals surface area (Å²) in [6, 6.07) is 10.6. The second-order valence-electron chi connectivity index (χ2n) is 4.19. The van der Waals surface area contributed by atoms with Gasteiger partial charge in [-0.25, -0.2) is 4.39 Å². The molecule has 0 spiro atoms. The van der Waals surface area contributed by atoms with E-state index in [0.29, 0.717) is 6.54 Å². The van der Waals surface area contributed by atoms with Gasteiger partial charge in [0.1, 0.15) is 11.6 Å². The van der Waals surface area contributed by atoms with E-state index in [2.05, 4.69) is 5.32 Å². The van der Waals surface area contributed by atoms with Crippen LogP contribution in [0.4, 0.5) is 4.39 Å². The number of nitrogens with one attached hydrogen (secondary N) is 1. The average molecular weight is 280 g/mol. The fraction of sp³-hybridized carbons (Fsp3) is 0.200. The summed E-state index contributed by atoms with van der Waals surface area (Å²) >= 11 is 5.69. The monoisotopic (exact) mass is 279 g/mol. The van der Waals surface area contributed by atoms with Crippen LogP contribution in [0.3, 0.4) is 0 Å². The van der Waals surface area contributed by atoms with Crippen LogP contribution in [0.1, 0.15) is 5.56 Å². The van der Waals surface area contributed by atoms with Crippen molar-refractivity contribution in [3.63, 3.8) is 0 Å². The lowest BCUT2D eigenvalue weighted by atomic mass is 10.0. The predicted octanol–water partition coefficient (Wildman–Crippen LogP) is 3.87. The largest absolute Gasteiger partial charge is 0.496 e. The maximum Gasteiger partial charge on any atom is 0.142 e. The van der Waals surface area contributed by atoms with E-state index in [1.807, 2.05) is 25.2 Å². The molecule has 4 heteroatoms. The second-order valence-corrected chi connectivity index (χ2v) is 4.59. The Morgan fingerprint density at radius 3 is 2.47 bits per heavy atom. The minimum absolute atomic E-state index is 0.132. The lowest BCUT2D eigenvalue weighted by Gasteiger charge is -2.11. The number of ether oxygens (including phenoxy) is 1. The molecule has 0 bridgehead atoms. The molecule has 0 saturated heterocycles. The molecule has 0 amide bonds. The van der Waals surface area contributed by atoms with Crippen LogP contribution in [0.15, 0.2) is 36.4 Å². The van der Waals surface area contributed by atoms with Crippen LogP contribution in [0.25, 0.3) is 11.1 Å². The Kier molecular flexibility index (Phi) is 4.40. The van der Waals surface area contributed by atoms with Gasteiger partial charge in [-0.15, -0.1) is 0 Å².